The molecule has 9 heteroatoms. The minimum Gasteiger partial charge on any atom is -0.507 e. The van der Waals surface area contributed by atoms with Crippen LogP contribution in [0.3, 0.4) is 0 Å². The van der Waals surface area contributed by atoms with Crippen molar-refractivity contribution in [3.63, 3.8) is 0 Å². The number of benzene rings is 3. The van der Waals surface area contributed by atoms with Crippen molar-refractivity contribution in [3.05, 3.63) is 94.1 Å². The van der Waals surface area contributed by atoms with Gasteiger partial charge in [-0.05, 0) is 78.8 Å². The fourth-order valence-electron chi connectivity index (χ4n) is 5.43. The van der Waals surface area contributed by atoms with Gasteiger partial charge in [0.2, 0.25) is 5.95 Å². The molecular weight excluding hydrogens is 498 g/mol. The highest BCUT2D eigenvalue weighted by Gasteiger charge is 2.48. The number of aromatic nitrogens is 2. The Balaban J connectivity index is 1.52. The number of H-pyrrole nitrogens is 1. The van der Waals surface area contributed by atoms with Crippen molar-refractivity contribution < 1.29 is 29.3 Å². The number of aliphatic hydroxyl groups is 1. The average Bonchev–Trinajstić information content (AvgIpc) is 3.49. The van der Waals surface area contributed by atoms with Gasteiger partial charge >= 0.3 is 11.9 Å². The number of nitrogens with one attached hydrogen (secondary N) is 1. The zero-order chi connectivity index (χ0) is 27.3. The number of carboxylic acids is 1. The highest BCUT2D eigenvalue weighted by atomic mass is 16.5. The molecule has 1 atom stereocenters. The zero-order valence-corrected chi connectivity index (χ0v) is 21.1. The Kier molecular flexibility index (Phi) is 5.91. The topological polar surface area (TPSA) is 133 Å². The number of ketones is 1. The molecule has 0 saturated carbocycles. The number of aryl methyl sites for hydroxylation is 2. The minimum absolute atomic E-state index is 0.0485. The first-order chi connectivity index (χ1) is 18.9. The van der Waals surface area contributed by atoms with E-state index in [9.17, 15) is 24.6 Å². The van der Waals surface area contributed by atoms with Gasteiger partial charge in [0.1, 0.15) is 11.5 Å². The molecule has 3 N–H and O–H groups in total. The number of anilines is 1. The number of hydrogen-bond acceptors (Lipinski definition) is 6. The van der Waals surface area contributed by atoms with Gasteiger partial charge in [-0.3, -0.25) is 14.5 Å². The van der Waals surface area contributed by atoms with Gasteiger partial charge in [0, 0.05) is 5.56 Å². The molecule has 196 valence electrons. The van der Waals surface area contributed by atoms with E-state index in [0.717, 1.165) is 31.2 Å². The third-order valence-electron chi connectivity index (χ3n) is 7.44. The standard InChI is InChI=1S/C30H25N3O6/c1-39-21-11-8-17(9-12-21)25-24(26(34)19-7-6-16-4-2-3-5-18(16)14-19)27(35)28(36)33(25)30-31-22-13-10-20(29(37)38)15-23(22)32-30/h6-15,25,34H,2-5H2,1H3,(H,31,32)(H,37,38)/b26-24+. The van der Waals surface area contributed by atoms with Crippen LogP contribution >= 0.6 is 0 Å². The normalized spacial score (nSPS) is 18.4. The number of hydrogen-bond donors (Lipinski definition) is 3. The Morgan fingerprint density at radius 2 is 1.67 bits per heavy atom. The van der Waals surface area contributed by atoms with Crippen molar-refractivity contribution in [1.82, 2.24) is 9.97 Å². The van der Waals surface area contributed by atoms with E-state index >= 15 is 0 Å². The van der Waals surface area contributed by atoms with Crippen molar-refractivity contribution in [1.29, 1.82) is 0 Å². The van der Waals surface area contributed by atoms with Crippen LogP contribution in [0.4, 0.5) is 5.95 Å². The number of nitrogens with zero attached hydrogens (tertiary/aromatic N) is 2. The Morgan fingerprint density at radius 3 is 2.38 bits per heavy atom. The van der Waals surface area contributed by atoms with E-state index in [2.05, 4.69) is 9.97 Å². The Labute approximate surface area is 223 Å². The number of aliphatic hydroxyl groups excluding tert-OH is 1. The second kappa shape index (κ2) is 9.43. The number of fused-ring (bicyclic) bond motifs is 2. The molecule has 3 aromatic carbocycles. The van der Waals surface area contributed by atoms with Crippen LogP contribution in [-0.4, -0.2) is 45.0 Å². The van der Waals surface area contributed by atoms with Gasteiger partial charge in [0.25, 0.3) is 5.78 Å². The molecule has 2 aliphatic rings. The number of carboxylic acid groups (broad SMARTS) is 1. The number of amides is 1. The summed E-state index contributed by atoms with van der Waals surface area (Å²) in [4.78, 5) is 47.1. The van der Waals surface area contributed by atoms with E-state index in [1.54, 1.807) is 30.3 Å². The number of aromatic amines is 1. The number of carbonyl (C=O) groups excluding carboxylic acids is 2. The summed E-state index contributed by atoms with van der Waals surface area (Å²) in [6.07, 6.45) is 4.04. The van der Waals surface area contributed by atoms with E-state index in [1.807, 2.05) is 12.1 Å². The molecule has 2 heterocycles. The summed E-state index contributed by atoms with van der Waals surface area (Å²) in [6.45, 7) is 0. The smallest absolute Gasteiger partial charge is 0.335 e. The summed E-state index contributed by atoms with van der Waals surface area (Å²) in [5.74, 6) is -2.38. The second-order valence-electron chi connectivity index (χ2n) is 9.73. The molecule has 1 aliphatic carbocycles. The molecule has 0 bridgehead atoms. The Morgan fingerprint density at radius 1 is 0.949 bits per heavy atom. The van der Waals surface area contributed by atoms with Gasteiger partial charge in [0.05, 0.1) is 35.3 Å². The van der Waals surface area contributed by atoms with E-state index in [-0.39, 0.29) is 22.8 Å². The molecule has 6 rings (SSSR count). The predicted octanol–water partition coefficient (Wildman–Crippen LogP) is 4.77. The summed E-state index contributed by atoms with van der Waals surface area (Å²) >= 11 is 0. The number of carbonyl (C=O) groups is 3. The molecule has 1 fully saturated rings. The lowest BCUT2D eigenvalue weighted by molar-refractivity contribution is -0.132. The molecule has 39 heavy (non-hydrogen) atoms. The molecule has 1 aromatic heterocycles. The lowest BCUT2D eigenvalue weighted by atomic mass is 9.89. The molecule has 4 aromatic rings. The summed E-state index contributed by atoms with van der Waals surface area (Å²) in [7, 11) is 1.54. The van der Waals surface area contributed by atoms with Crippen molar-refractivity contribution in [2.24, 2.45) is 0 Å². The van der Waals surface area contributed by atoms with Crippen molar-refractivity contribution in [2.75, 3.05) is 12.0 Å². The van der Waals surface area contributed by atoms with Gasteiger partial charge in [-0.1, -0.05) is 24.3 Å². The maximum atomic E-state index is 13.5. The summed E-state index contributed by atoms with van der Waals surface area (Å²) < 4.78 is 5.28. The number of methoxy groups -OCH3 is 1. The van der Waals surface area contributed by atoms with Gasteiger partial charge in [-0.2, -0.15) is 0 Å². The van der Waals surface area contributed by atoms with E-state index < -0.39 is 23.7 Å². The van der Waals surface area contributed by atoms with Gasteiger partial charge < -0.3 is 19.9 Å². The van der Waals surface area contributed by atoms with Gasteiger partial charge in [0.15, 0.2) is 0 Å². The fourth-order valence-corrected chi connectivity index (χ4v) is 5.43. The van der Waals surface area contributed by atoms with Crippen LogP contribution in [0.15, 0.2) is 66.2 Å². The van der Waals surface area contributed by atoms with E-state index in [1.165, 1.54) is 35.8 Å². The first kappa shape index (κ1) is 24.4. The second-order valence-corrected chi connectivity index (χ2v) is 9.73. The van der Waals surface area contributed by atoms with Crippen LogP contribution in [-0.2, 0) is 22.4 Å². The number of ether oxygens (including phenoxy) is 1. The quantitative estimate of drug-likeness (QED) is 0.195. The summed E-state index contributed by atoms with van der Waals surface area (Å²) in [5, 5.41) is 20.9. The first-order valence-electron chi connectivity index (χ1n) is 12.7. The Bertz CT molecular complexity index is 1680. The maximum absolute atomic E-state index is 13.5. The predicted molar refractivity (Wildman–Crippen MR) is 144 cm³/mol. The van der Waals surface area contributed by atoms with Crippen molar-refractivity contribution >= 4 is 40.4 Å². The molecule has 1 aliphatic heterocycles. The highest BCUT2D eigenvalue weighted by Crippen LogP contribution is 2.42. The van der Waals surface area contributed by atoms with Gasteiger partial charge in [-0.25, -0.2) is 9.78 Å². The van der Waals surface area contributed by atoms with E-state index in [0.29, 0.717) is 27.9 Å². The molecule has 1 unspecified atom stereocenters. The maximum Gasteiger partial charge on any atom is 0.335 e. The minimum atomic E-state index is -1.10. The van der Waals surface area contributed by atoms with Crippen molar-refractivity contribution in [3.8, 4) is 5.75 Å². The lowest BCUT2D eigenvalue weighted by Crippen LogP contribution is -2.30. The SMILES string of the molecule is COc1ccc(C2/C(=C(\O)c3ccc4c(c3)CCCC4)C(=O)C(=O)N2c2nc3ccc(C(=O)O)cc3[nH]2)cc1. The molecule has 0 radical (unpaired) electrons. The zero-order valence-electron chi connectivity index (χ0n) is 21.1. The third kappa shape index (κ3) is 4.12. The van der Waals surface area contributed by atoms with Crippen LogP contribution < -0.4 is 9.64 Å². The monoisotopic (exact) mass is 523 g/mol. The highest BCUT2D eigenvalue weighted by molar-refractivity contribution is 6.51. The molecule has 9 nitrogen and oxygen atoms in total. The van der Waals surface area contributed by atoms with Gasteiger partial charge in [-0.15, -0.1) is 0 Å². The van der Waals surface area contributed by atoms with Crippen molar-refractivity contribution in [2.45, 2.75) is 31.7 Å². The lowest BCUT2D eigenvalue weighted by Gasteiger charge is -2.23. The fraction of sp³-hybridized carbons (Fsp3) is 0.200. The number of Topliss-reactive ketones (excluding diaryl/α,β-unsaturated/α-hetero) is 1. The molecule has 0 spiro atoms. The van der Waals surface area contributed by atoms with E-state index in [4.69, 9.17) is 4.74 Å². The summed E-state index contributed by atoms with van der Waals surface area (Å²) in [5.41, 5.74) is 4.24. The third-order valence-corrected chi connectivity index (χ3v) is 7.44. The molecule has 1 saturated heterocycles. The number of imidazole rings is 1. The molecule has 1 amide bonds. The largest absolute Gasteiger partial charge is 0.507 e. The average molecular weight is 524 g/mol. The van der Waals surface area contributed by atoms with Crippen LogP contribution in [0.2, 0.25) is 0 Å². The first-order valence-corrected chi connectivity index (χ1v) is 12.7. The summed E-state index contributed by atoms with van der Waals surface area (Å²) in [6, 6.07) is 15.9. The van der Waals surface area contributed by atoms with Crippen LogP contribution in [0.5, 0.6) is 5.75 Å². The van der Waals surface area contributed by atoms with Crippen LogP contribution in [0, 0.1) is 0 Å². The number of rotatable bonds is 5. The van der Waals surface area contributed by atoms with Crippen LogP contribution in [0.25, 0.3) is 16.8 Å². The Hall–Kier alpha value is -4.92. The number of aromatic carboxylic acids is 1. The molecular formula is C30H25N3O6. The van der Waals surface area contributed by atoms with Crippen LogP contribution in [0.1, 0.15) is 51.5 Å².